The van der Waals surface area contributed by atoms with Crippen molar-refractivity contribution in [3.05, 3.63) is 88.2 Å². The number of urea groups is 1. The van der Waals surface area contributed by atoms with E-state index in [1.807, 2.05) is 12.1 Å². The number of amides is 2. The fourth-order valence-electron chi connectivity index (χ4n) is 2.34. The molecular weight excluding hydrogens is 447 g/mol. The second-order valence-electron chi connectivity index (χ2n) is 6.25. The number of anilines is 2. The van der Waals surface area contributed by atoms with Crippen molar-refractivity contribution in [2.75, 3.05) is 11.1 Å². The van der Waals surface area contributed by atoms with Gasteiger partial charge in [-0.2, -0.15) is 13.2 Å². The van der Waals surface area contributed by atoms with Crippen molar-refractivity contribution < 1.29 is 22.9 Å². The maximum Gasteiger partial charge on any atom is 0.423 e. The highest BCUT2D eigenvalue weighted by atomic mass is 32.1. The van der Waals surface area contributed by atoms with Crippen molar-refractivity contribution in [1.82, 2.24) is 10.3 Å². The minimum atomic E-state index is -4.73. The molecule has 0 unspecified atom stereocenters. The van der Waals surface area contributed by atoms with Crippen molar-refractivity contribution in [2.45, 2.75) is 17.6 Å². The van der Waals surface area contributed by atoms with E-state index in [0.717, 1.165) is 17.7 Å². The van der Waals surface area contributed by atoms with Crippen molar-refractivity contribution in [3.8, 4) is 0 Å². The van der Waals surface area contributed by atoms with Crippen LogP contribution >= 0.6 is 12.6 Å². The smallest absolute Gasteiger partial charge is 0.399 e. The van der Waals surface area contributed by atoms with Crippen LogP contribution in [0.1, 0.15) is 11.1 Å². The van der Waals surface area contributed by atoms with E-state index < -0.39 is 22.4 Å². The Morgan fingerprint density at radius 3 is 2.41 bits per heavy atom. The molecule has 0 saturated heterocycles. The Hall–Kier alpha value is -3.80. The maximum absolute atomic E-state index is 12.3. The molecule has 12 heteroatoms. The van der Waals surface area contributed by atoms with Crippen LogP contribution in [0.25, 0.3) is 0 Å². The molecule has 0 aliphatic heterocycles. The molecule has 0 aliphatic carbocycles. The summed E-state index contributed by atoms with van der Waals surface area (Å²) >= 11 is 3.68. The number of nitrogens with zero attached hydrogens (tertiary/aromatic N) is 2. The van der Waals surface area contributed by atoms with Crippen LogP contribution in [0.4, 0.5) is 35.0 Å². The number of rotatable bonds is 4. The van der Waals surface area contributed by atoms with Gasteiger partial charge >= 0.3 is 12.2 Å². The van der Waals surface area contributed by atoms with Crippen LogP contribution in [0, 0.1) is 10.1 Å². The van der Waals surface area contributed by atoms with Gasteiger partial charge in [0.15, 0.2) is 0 Å². The molecule has 0 radical (unpaired) electrons. The lowest BCUT2D eigenvalue weighted by atomic mass is 10.2. The summed E-state index contributed by atoms with van der Waals surface area (Å²) in [5.41, 5.74) is 5.63. The molecule has 2 aromatic carbocycles. The highest BCUT2D eigenvalue weighted by Crippen LogP contribution is 2.36. The van der Waals surface area contributed by atoms with Gasteiger partial charge in [-0.1, -0.05) is 6.07 Å². The number of nitrogens with two attached hydrogens (primary N) is 1. The van der Waals surface area contributed by atoms with Crippen LogP contribution in [0.5, 0.6) is 0 Å². The zero-order valence-electron chi connectivity index (χ0n) is 16.3. The van der Waals surface area contributed by atoms with Gasteiger partial charge in [0.2, 0.25) is 0 Å². The monoisotopic (exact) mass is 465 g/mol. The van der Waals surface area contributed by atoms with Gasteiger partial charge in [0, 0.05) is 41.3 Å². The Morgan fingerprint density at radius 1 is 1.16 bits per heavy atom. The highest BCUT2D eigenvalue weighted by Gasteiger charge is 2.38. The summed E-state index contributed by atoms with van der Waals surface area (Å²) in [5, 5.41) is 15.7. The predicted molar refractivity (Wildman–Crippen MR) is 116 cm³/mol. The minimum absolute atomic E-state index is 0.0305. The van der Waals surface area contributed by atoms with Crippen LogP contribution in [0.3, 0.4) is 0 Å². The predicted octanol–water partition coefficient (Wildman–Crippen LogP) is 4.89. The molecule has 0 atom stereocenters. The number of nitrogen functional groups attached to an aromatic ring is 1. The molecule has 1 heterocycles. The summed E-state index contributed by atoms with van der Waals surface area (Å²) in [7, 11) is 0. The Kier molecular flexibility index (Phi) is 8.41. The molecule has 0 fully saturated rings. The quantitative estimate of drug-likeness (QED) is 0.189. The standard InChI is InChI=1S/C13H14N4O.C7H4F3NO2S/c14-11-3-5-12(6-4-11)17-13(18)16-9-10-2-1-7-15-8-10;8-7(9,10)5-3-4(14)1-2-6(5)11(12)13/h1-8H,9,14H2,(H2,16,17,18);1-3,14H. The van der Waals surface area contributed by atoms with E-state index in [1.165, 1.54) is 0 Å². The molecule has 0 aliphatic rings. The largest absolute Gasteiger partial charge is 0.423 e. The van der Waals surface area contributed by atoms with E-state index in [-0.39, 0.29) is 10.9 Å². The lowest BCUT2D eigenvalue weighted by Gasteiger charge is -2.07. The first kappa shape index (κ1) is 24.5. The Bertz CT molecular complexity index is 1060. The van der Waals surface area contributed by atoms with Crippen LogP contribution in [-0.4, -0.2) is 15.9 Å². The number of carbonyl (C=O) groups is 1. The molecule has 4 N–H and O–H groups in total. The molecule has 8 nitrogen and oxygen atoms in total. The number of hydrogen-bond acceptors (Lipinski definition) is 6. The molecule has 0 bridgehead atoms. The van der Waals surface area contributed by atoms with E-state index >= 15 is 0 Å². The fraction of sp³-hybridized carbons (Fsp3) is 0.100. The second kappa shape index (κ2) is 11.0. The molecule has 168 valence electrons. The van der Waals surface area contributed by atoms with E-state index in [4.69, 9.17) is 5.73 Å². The first-order valence-corrected chi connectivity index (χ1v) is 9.35. The highest BCUT2D eigenvalue weighted by molar-refractivity contribution is 7.80. The van der Waals surface area contributed by atoms with Crippen molar-refractivity contribution >= 4 is 35.7 Å². The van der Waals surface area contributed by atoms with Crippen molar-refractivity contribution in [1.29, 1.82) is 0 Å². The summed E-state index contributed by atoms with van der Waals surface area (Å²) in [6.45, 7) is 0.439. The van der Waals surface area contributed by atoms with Gasteiger partial charge in [-0.05, 0) is 48.0 Å². The molecule has 2 amide bonds. The topological polar surface area (TPSA) is 123 Å². The molecule has 3 rings (SSSR count). The number of alkyl halides is 3. The summed E-state index contributed by atoms with van der Waals surface area (Å²) in [4.78, 5) is 24.8. The lowest BCUT2D eigenvalue weighted by Crippen LogP contribution is -2.28. The number of nitro benzene ring substituents is 1. The van der Waals surface area contributed by atoms with Gasteiger partial charge in [-0.25, -0.2) is 4.79 Å². The van der Waals surface area contributed by atoms with E-state index in [2.05, 4.69) is 28.2 Å². The third-order valence-electron chi connectivity index (χ3n) is 3.83. The minimum Gasteiger partial charge on any atom is -0.399 e. The molecule has 0 saturated carbocycles. The number of hydrogen-bond donors (Lipinski definition) is 4. The first-order chi connectivity index (χ1) is 15.1. The van der Waals surface area contributed by atoms with E-state index in [0.29, 0.717) is 24.0 Å². The van der Waals surface area contributed by atoms with Gasteiger partial charge in [-0.15, -0.1) is 12.6 Å². The van der Waals surface area contributed by atoms with Gasteiger partial charge in [0.1, 0.15) is 5.56 Å². The fourth-order valence-corrected chi connectivity index (χ4v) is 2.54. The molecular formula is C20H18F3N5O3S. The second-order valence-corrected chi connectivity index (χ2v) is 6.76. The van der Waals surface area contributed by atoms with Crippen LogP contribution in [-0.2, 0) is 12.7 Å². The maximum atomic E-state index is 12.3. The third-order valence-corrected chi connectivity index (χ3v) is 4.10. The summed E-state index contributed by atoms with van der Waals surface area (Å²) in [6, 6.07) is 13.0. The SMILES string of the molecule is Nc1ccc(NC(=O)NCc2cccnc2)cc1.O=[N+]([O-])c1ccc(S)cc1C(F)(F)F. The number of pyridine rings is 1. The Morgan fingerprint density at radius 2 is 1.84 bits per heavy atom. The van der Waals surface area contributed by atoms with Crippen molar-refractivity contribution in [2.24, 2.45) is 0 Å². The lowest BCUT2D eigenvalue weighted by molar-refractivity contribution is -0.388. The summed E-state index contributed by atoms with van der Waals surface area (Å²) in [6.07, 6.45) is -1.33. The van der Waals surface area contributed by atoms with Crippen LogP contribution in [0.2, 0.25) is 0 Å². The number of halogens is 3. The number of aromatic nitrogens is 1. The average molecular weight is 465 g/mol. The number of benzene rings is 2. The number of nitro groups is 1. The molecule has 3 aromatic rings. The number of carbonyl (C=O) groups excluding carboxylic acids is 1. The summed E-state index contributed by atoms with van der Waals surface area (Å²) in [5.74, 6) is 0. The van der Waals surface area contributed by atoms with Gasteiger partial charge in [0.25, 0.3) is 5.69 Å². The first-order valence-electron chi connectivity index (χ1n) is 8.90. The number of thiol groups is 1. The van der Waals surface area contributed by atoms with Gasteiger partial charge in [0.05, 0.1) is 4.92 Å². The Labute approximate surface area is 186 Å². The van der Waals surface area contributed by atoms with Crippen LogP contribution in [0.15, 0.2) is 71.9 Å². The van der Waals surface area contributed by atoms with Gasteiger partial charge < -0.3 is 16.4 Å². The van der Waals surface area contributed by atoms with Gasteiger partial charge in [-0.3, -0.25) is 15.1 Å². The molecule has 32 heavy (non-hydrogen) atoms. The Balaban J connectivity index is 0.000000235. The van der Waals surface area contributed by atoms with Crippen molar-refractivity contribution in [3.63, 3.8) is 0 Å². The van der Waals surface area contributed by atoms with E-state index in [9.17, 15) is 28.1 Å². The third kappa shape index (κ3) is 7.80. The zero-order valence-corrected chi connectivity index (χ0v) is 17.2. The zero-order chi connectivity index (χ0) is 23.7. The number of nitrogens with one attached hydrogen (secondary N) is 2. The molecule has 0 spiro atoms. The summed E-state index contributed by atoms with van der Waals surface area (Å²) < 4.78 is 36.8. The van der Waals surface area contributed by atoms with Crippen LogP contribution < -0.4 is 16.4 Å². The van der Waals surface area contributed by atoms with E-state index in [1.54, 1.807) is 36.7 Å². The average Bonchev–Trinajstić information content (AvgIpc) is 2.74. The normalized spacial score (nSPS) is 10.5. The molecule has 1 aromatic heterocycles.